The van der Waals surface area contributed by atoms with E-state index in [0.29, 0.717) is 0 Å². The van der Waals surface area contributed by atoms with Gasteiger partial charge in [-0.25, -0.2) is 0 Å². The van der Waals surface area contributed by atoms with Gasteiger partial charge in [-0.3, -0.25) is 4.79 Å². The molecule has 0 unspecified atom stereocenters. The number of hydrogen-bond acceptors (Lipinski definition) is 2. The van der Waals surface area contributed by atoms with Gasteiger partial charge in [0.15, 0.2) is 6.29 Å². The summed E-state index contributed by atoms with van der Waals surface area (Å²) in [5.41, 5.74) is 2.93. The lowest BCUT2D eigenvalue weighted by Crippen LogP contribution is -2.19. The van der Waals surface area contributed by atoms with Crippen molar-refractivity contribution < 1.29 is 4.79 Å². The molecule has 0 aliphatic carbocycles. The van der Waals surface area contributed by atoms with Gasteiger partial charge in [0, 0.05) is 24.8 Å². The average Bonchev–Trinajstić information content (AvgIpc) is 2.17. The fourth-order valence-corrected chi connectivity index (χ4v) is 1.57. The average molecular weight is 191 g/mol. The highest BCUT2D eigenvalue weighted by atomic mass is 16.1. The highest BCUT2D eigenvalue weighted by Gasteiger charge is 2.05. The molecule has 1 aromatic rings. The number of rotatable bonds is 4. The lowest BCUT2D eigenvalue weighted by molar-refractivity contribution is 0.112. The first kappa shape index (κ1) is 10.8. The number of aldehydes is 1. The van der Waals surface area contributed by atoms with E-state index < -0.39 is 0 Å². The van der Waals surface area contributed by atoms with Crippen LogP contribution in [0.1, 0.15) is 29.3 Å². The summed E-state index contributed by atoms with van der Waals surface area (Å²) in [6.45, 7) is 5.10. The molecule has 0 radical (unpaired) electrons. The van der Waals surface area contributed by atoms with E-state index in [2.05, 4.69) is 11.8 Å². The zero-order valence-electron chi connectivity index (χ0n) is 9.08. The van der Waals surface area contributed by atoms with Gasteiger partial charge in [-0.1, -0.05) is 18.6 Å². The van der Waals surface area contributed by atoms with Gasteiger partial charge in [0.2, 0.25) is 0 Å². The minimum Gasteiger partial charge on any atom is -0.374 e. The summed E-state index contributed by atoms with van der Waals surface area (Å²) in [4.78, 5) is 13.0. The molecule has 1 rings (SSSR count). The zero-order chi connectivity index (χ0) is 10.6. The Morgan fingerprint density at radius 2 is 2.14 bits per heavy atom. The smallest absolute Gasteiger partial charge is 0.152 e. The first-order valence-electron chi connectivity index (χ1n) is 4.96. The number of carbonyl (C=O) groups excluding carboxylic acids is 1. The molecule has 2 nitrogen and oxygen atoms in total. The van der Waals surface area contributed by atoms with E-state index in [1.165, 1.54) is 0 Å². The monoisotopic (exact) mass is 191 g/mol. The van der Waals surface area contributed by atoms with Crippen LogP contribution in [-0.4, -0.2) is 19.9 Å². The largest absolute Gasteiger partial charge is 0.374 e. The van der Waals surface area contributed by atoms with E-state index in [1.54, 1.807) is 0 Å². The van der Waals surface area contributed by atoms with E-state index in [0.717, 1.165) is 36.1 Å². The summed E-state index contributed by atoms with van der Waals surface area (Å²) in [5.74, 6) is 0. The van der Waals surface area contributed by atoms with E-state index in [4.69, 9.17) is 0 Å². The van der Waals surface area contributed by atoms with E-state index >= 15 is 0 Å². The number of nitrogens with zero attached hydrogens (tertiary/aromatic N) is 1. The summed E-state index contributed by atoms with van der Waals surface area (Å²) in [6, 6.07) is 5.97. The predicted molar refractivity (Wildman–Crippen MR) is 60.1 cm³/mol. The third-order valence-corrected chi connectivity index (χ3v) is 2.28. The van der Waals surface area contributed by atoms with Crippen LogP contribution in [0.3, 0.4) is 0 Å². The number of anilines is 1. The van der Waals surface area contributed by atoms with Crippen LogP contribution >= 0.6 is 0 Å². The number of benzene rings is 1. The van der Waals surface area contributed by atoms with Crippen molar-refractivity contribution in [1.29, 1.82) is 0 Å². The van der Waals surface area contributed by atoms with Crippen molar-refractivity contribution in [2.75, 3.05) is 18.5 Å². The van der Waals surface area contributed by atoms with Crippen molar-refractivity contribution in [3.8, 4) is 0 Å². The SMILES string of the molecule is CCCN(C)c1ccc(C)cc1C=O. The van der Waals surface area contributed by atoms with Crippen molar-refractivity contribution >= 4 is 12.0 Å². The van der Waals surface area contributed by atoms with Crippen LogP contribution in [0.4, 0.5) is 5.69 Å². The number of carbonyl (C=O) groups is 1. The maximum Gasteiger partial charge on any atom is 0.152 e. The van der Waals surface area contributed by atoms with Gasteiger partial charge in [-0.2, -0.15) is 0 Å². The summed E-state index contributed by atoms with van der Waals surface area (Å²) in [6.07, 6.45) is 2.01. The van der Waals surface area contributed by atoms with Crippen LogP contribution in [0, 0.1) is 6.92 Å². The van der Waals surface area contributed by atoms with Crippen molar-refractivity contribution in [2.24, 2.45) is 0 Å². The molecule has 0 heterocycles. The molecule has 0 atom stereocenters. The standard InChI is InChI=1S/C12H17NO/c1-4-7-13(3)12-6-5-10(2)8-11(12)9-14/h5-6,8-9H,4,7H2,1-3H3. The third kappa shape index (κ3) is 2.34. The molecule has 0 spiro atoms. The summed E-state index contributed by atoms with van der Waals surface area (Å²) in [7, 11) is 2.02. The molecular weight excluding hydrogens is 174 g/mol. The summed E-state index contributed by atoms with van der Waals surface area (Å²) < 4.78 is 0. The molecule has 0 fully saturated rings. The first-order valence-corrected chi connectivity index (χ1v) is 4.96. The van der Waals surface area contributed by atoms with Crippen LogP contribution in [0.2, 0.25) is 0 Å². The third-order valence-electron chi connectivity index (χ3n) is 2.28. The van der Waals surface area contributed by atoms with Crippen LogP contribution in [0.25, 0.3) is 0 Å². The van der Waals surface area contributed by atoms with Crippen molar-refractivity contribution in [3.63, 3.8) is 0 Å². The number of hydrogen-bond donors (Lipinski definition) is 0. The Morgan fingerprint density at radius 1 is 1.43 bits per heavy atom. The minimum atomic E-state index is 0.779. The molecule has 76 valence electrons. The fraction of sp³-hybridized carbons (Fsp3) is 0.417. The van der Waals surface area contributed by atoms with Gasteiger partial charge in [-0.05, 0) is 25.5 Å². The van der Waals surface area contributed by atoms with Crippen LogP contribution < -0.4 is 4.90 Å². The molecule has 0 amide bonds. The molecule has 0 bridgehead atoms. The van der Waals surface area contributed by atoms with E-state index in [9.17, 15) is 4.79 Å². The van der Waals surface area contributed by atoms with E-state index in [-0.39, 0.29) is 0 Å². The first-order chi connectivity index (χ1) is 6.69. The van der Waals surface area contributed by atoms with Gasteiger partial charge in [0.25, 0.3) is 0 Å². The maximum absolute atomic E-state index is 10.9. The molecular formula is C12H17NO. The normalized spacial score (nSPS) is 9.93. The van der Waals surface area contributed by atoms with Gasteiger partial charge >= 0.3 is 0 Å². The van der Waals surface area contributed by atoms with Crippen molar-refractivity contribution in [2.45, 2.75) is 20.3 Å². The second kappa shape index (κ2) is 4.80. The van der Waals surface area contributed by atoms with Gasteiger partial charge in [-0.15, -0.1) is 0 Å². The van der Waals surface area contributed by atoms with Gasteiger partial charge in [0.1, 0.15) is 0 Å². The quantitative estimate of drug-likeness (QED) is 0.682. The molecule has 0 aliphatic rings. The van der Waals surface area contributed by atoms with Crippen molar-refractivity contribution in [3.05, 3.63) is 29.3 Å². The van der Waals surface area contributed by atoms with Gasteiger partial charge in [0.05, 0.1) is 0 Å². The molecule has 14 heavy (non-hydrogen) atoms. The Kier molecular flexibility index (Phi) is 3.69. The molecule has 0 saturated heterocycles. The number of aryl methyl sites for hydroxylation is 1. The zero-order valence-corrected chi connectivity index (χ0v) is 9.08. The lowest BCUT2D eigenvalue weighted by atomic mass is 10.1. The maximum atomic E-state index is 10.9. The highest BCUT2D eigenvalue weighted by Crippen LogP contribution is 2.19. The van der Waals surface area contributed by atoms with Crippen LogP contribution in [0.5, 0.6) is 0 Å². The Bertz CT molecular complexity index is 320. The lowest BCUT2D eigenvalue weighted by Gasteiger charge is -2.20. The Hall–Kier alpha value is -1.31. The van der Waals surface area contributed by atoms with Crippen LogP contribution in [-0.2, 0) is 0 Å². The molecule has 0 aliphatic heterocycles. The molecule has 2 heteroatoms. The van der Waals surface area contributed by atoms with E-state index in [1.807, 2.05) is 32.2 Å². The summed E-state index contributed by atoms with van der Waals surface area (Å²) in [5, 5.41) is 0. The highest BCUT2D eigenvalue weighted by molar-refractivity contribution is 5.84. The molecule has 0 saturated carbocycles. The fourth-order valence-electron chi connectivity index (χ4n) is 1.57. The van der Waals surface area contributed by atoms with Crippen molar-refractivity contribution in [1.82, 2.24) is 0 Å². The van der Waals surface area contributed by atoms with Crippen LogP contribution in [0.15, 0.2) is 18.2 Å². The summed E-state index contributed by atoms with van der Waals surface area (Å²) >= 11 is 0. The Morgan fingerprint density at radius 3 is 2.71 bits per heavy atom. The second-order valence-corrected chi connectivity index (χ2v) is 3.60. The van der Waals surface area contributed by atoms with Gasteiger partial charge < -0.3 is 4.90 Å². The topological polar surface area (TPSA) is 20.3 Å². The molecule has 0 N–H and O–H groups in total. The predicted octanol–water partition coefficient (Wildman–Crippen LogP) is 2.65. The molecule has 1 aromatic carbocycles. The minimum absolute atomic E-state index is 0.779. The molecule has 0 aromatic heterocycles. The Labute approximate surface area is 85.5 Å². The Balaban J connectivity index is 3.01. The second-order valence-electron chi connectivity index (χ2n) is 3.60.